The smallest absolute Gasteiger partial charge is 0.303 e. The molecule has 1 rings (SSSR count). The van der Waals surface area contributed by atoms with Gasteiger partial charge in [-0.25, -0.2) is 4.98 Å². The van der Waals surface area contributed by atoms with Crippen molar-refractivity contribution >= 4 is 27.8 Å². The van der Waals surface area contributed by atoms with E-state index in [9.17, 15) is 9.59 Å². The minimum atomic E-state index is -0.845. The molecule has 1 aromatic rings. The second-order valence-electron chi connectivity index (χ2n) is 3.95. The topological polar surface area (TPSA) is 79.3 Å². The Hall–Kier alpha value is -1.43. The van der Waals surface area contributed by atoms with Crippen LogP contribution >= 0.6 is 15.9 Å². The fourth-order valence-electron chi connectivity index (χ4n) is 1.49. The lowest BCUT2D eigenvalue weighted by molar-refractivity contribution is -0.138. The van der Waals surface area contributed by atoms with Crippen LogP contribution in [0.4, 0.5) is 0 Å². The molecule has 18 heavy (non-hydrogen) atoms. The zero-order valence-corrected chi connectivity index (χ0v) is 11.6. The number of carboxylic acid groups (broad SMARTS) is 1. The predicted molar refractivity (Wildman–Crippen MR) is 70.3 cm³/mol. The van der Waals surface area contributed by atoms with Crippen molar-refractivity contribution in [3.05, 3.63) is 28.5 Å². The van der Waals surface area contributed by atoms with Crippen LogP contribution in [-0.2, 0) is 4.79 Å². The predicted octanol–water partition coefficient (Wildman–Crippen LogP) is 2.07. The first kappa shape index (κ1) is 14.6. The molecule has 0 aromatic carbocycles. The number of aromatic nitrogens is 1. The fraction of sp³-hybridized carbons (Fsp3) is 0.417. The summed E-state index contributed by atoms with van der Waals surface area (Å²) in [5, 5.41) is 11.4. The lowest BCUT2D eigenvalue weighted by atomic mass is 10.0. The number of carboxylic acids is 1. The van der Waals surface area contributed by atoms with E-state index < -0.39 is 5.97 Å². The van der Waals surface area contributed by atoms with Crippen LogP contribution in [0.1, 0.15) is 30.1 Å². The summed E-state index contributed by atoms with van der Waals surface area (Å²) in [6, 6.07) is 3.23. The minimum absolute atomic E-state index is 0.0447. The molecule has 0 bridgehead atoms. The van der Waals surface area contributed by atoms with Gasteiger partial charge in [-0.05, 0) is 34.0 Å². The van der Waals surface area contributed by atoms with E-state index in [1.807, 2.05) is 6.92 Å². The number of amides is 1. The lowest BCUT2D eigenvalue weighted by Crippen LogP contribution is -2.30. The Bertz CT molecular complexity index is 437. The Balaban J connectivity index is 2.52. The van der Waals surface area contributed by atoms with Gasteiger partial charge in [0.05, 0.1) is 0 Å². The SMILES string of the molecule is CCC(CNC(=O)c1ccnc(Br)c1)CC(=O)O. The van der Waals surface area contributed by atoms with E-state index in [2.05, 4.69) is 26.2 Å². The largest absolute Gasteiger partial charge is 0.481 e. The number of nitrogens with zero attached hydrogens (tertiary/aromatic N) is 1. The molecule has 1 unspecified atom stereocenters. The van der Waals surface area contributed by atoms with Gasteiger partial charge in [0.15, 0.2) is 0 Å². The second-order valence-corrected chi connectivity index (χ2v) is 4.76. The highest BCUT2D eigenvalue weighted by Crippen LogP contribution is 2.09. The van der Waals surface area contributed by atoms with Crippen molar-refractivity contribution in [3.8, 4) is 0 Å². The molecule has 1 atom stereocenters. The third-order valence-electron chi connectivity index (χ3n) is 2.58. The molecule has 0 radical (unpaired) electrons. The zero-order valence-electron chi connectivity index (χ0n) is 10.0. The number of pyridine rings is 1. The molecule has 98 valence electrons. The number of carbonyl (C=O) groups excluding carboxylic acids is 1. The number of hydrogen-bond donors (Lipinski definition) is 2. The van der Waals surface area contributed by atoms with Crippen molar-refractivity contribution in [2.75, 3.05) is 6.54 Å². The number of nitrogens with one attached hydrogen (secondary N) is 1. The molecule has 0 saturated carbocycles. The third-order valence-corrected chi connectivity index (χ3v) is 3.01. The Labute approximate surface area is 114 Å². The van der Waals surface area contributed by atoms with Crippen LogP contribution in [0, 0.1) is 5.92 Å². The van der Waals surface area contributed by atoms with Crippen molar-refractivity contribution in [2.24, 2.45) is 5.92 Å². The van der Waals surface area contributed by atoms with Crippen LogP contribution in [0.15, 0.2) is 22.9 Å². The first-order valence-electron chi connectivity index (χ1n) is 5.64. The van der Waals surface area contributed by atoms with Gasteiger partial charge >= 0.3 is 5.97 Å². The van der Waals surface area contributed by atoms with Gasteiger partial charge in [-0.15, -0.1) is 0 Å². The van der Waals surface area contributed by atoms with Crippen molar-refractivity contribution in [1.82, 2.24) is 10.3 Å². The van der Waals surface area contributed by atoms with Gasteiger partial charge in [-0.2, -0.15) is 0 Å². The summed E-state index contributed by atoms with van der Waals surface area (Å²) in [5.74, 6) is -1.11. The molecule has 0 fully saturated rings. The molecule has 1 heterocycles. The number of hydrogen-bond acceptors (Lipinski definition) is 3. The lowest BCUT2D eigenvalue weighted by Gasteiger charge is -2.13. The Morgan fingerprint density at radius 1 is 1.56 bits per heavy atom. The highest BCUT2D eigenvalue weighted by atomic mass is 79.9. The maximum absolute atomic E-state index is 11.8. The molecule has 5 nitrogen and oxygen atoms in total. The van der Waals surface area contributed by atoms with Crippen LogP contribution in [0.5, 0.6) is 0 Å². The van der Waals surface area contributed by atoms with Gasteiger partial charge in [-0.3, -0.25) is 9.59 Å². The molecular formula is C12H15BrN2O3. The van der Waals surface area contributed by atoms with Gasteiger partial charge in [0.2, 0.25) is 0 Å². The molecular weight excluding hydrogens is 300 g/mol. The molecule has 2 N–H and O–H groups in total. The molecule has 0 aliphatic heterocycles. The second kappa shape index (κ2) is 7.10. The number of rotatable bonds is 6. The summed E-state index contributed by atoms with van der Waals surface area (Å²) in [5.41, 5.74) is 0.502. The molecule has 0 saturated heterocycles. The summed E-state index contributed by atoms with van der Waals surface area (Å²) in [6.07, 6.45) is 2.32. The summed E-state index contributed by atoms with van der Waals surface area (Å²) < 4.78 is 0.590. The highest BCUT2D eigenvalue weighted by Gasteiger charge is 2.13. The number of aliphatic carboxylic acids is 1. The van der Waals surface area contributed by atoms with E-state index in [0.29, 0.717) is 23.1 Å². The van der Waals surface area contributed by atoms with Crippen molar-refractivity contribution in [2.45, 2.75) is 19.8 Å². The van der Waals surface area contributed by atoms with Crippen LogP contribution < -0.4 is 5.32 Å². The van der Waals surface area contributed by atoms with Crippen molar-refractivity contribution in [1.29, 1.82) is 0 Å². The molecule has 0 aliphatic rings. The Morgan fingerprint density at radius 2 is 2.28 bits per heavy atom. The summed E-state index contributed by atoms with van der Waals surface area (Å²) in [7, 11) is 0. The van der Waals surface area contributed by atoms with Crippen molar-refractivity contribution in [3.63, 3.8) is 0 Å². The van der Waals surface area contributed by atoms with Crippen LogP contribution in [-0.4, -0.2) is 28.5 Å². The standard InChI is InChI=1S/C12H15BrN2O3/c1-2-8(5-11(16)17)7-15-12(18)9-3-4-14-10(13)6-9/h3-4,6,8H,2,5,7H2,1H3,(H,15,18)(H,16,17). The highest BCUT2D eigenvalue weighted by molar-refractivity contribution is 9.10. The van der Waals surface area contributed by atoms with Gasteiger partial charge in [0.25, 0.3) is 5.91 Å². The average Bonchev–Trinajstić information content (AvgIpc) is 2.33. The number of halogens is 1. The third kappa shape index (κ3) is 4.83. The molecule has 0 aliphatic carbocycles. The van der Waals surface area contributed by atoms with Gasteiger partial charge < -0.3 is 10.4 Å². The summed E-state index contributed by atoms with van der Waals surface area (Å²) in [4.78, 5) is 26.3. The van der Waals surface area contributed by atoms with Gasteiger partial charge in [-0.1, -0.05) is 13.3 Å². The first-order valence-corrected chi connectivity index (χ1v) is 6.43. The minimum Gasteiger partial charge on any atom is -0.481 e. The summed E-state index contributed by atoms with van der Waals surface area (Å²) in [6.45, 7) is 2.27. The zero-order chi connectivity index (χ0) is 13.5. The Kier molecular flexibility index (Phi) is 5.77. The Morgan fingerprint density at radius 3 is 2.83 bits per heavy atom. The maximum atomic E-state index is 11.8. The first-order chi connectivity index (χ1) is 8.52. The molecule has 1 aromatic heterocycles. The van der Waals surface area contributed by atoms with Gasteiger partial charge in [0, 0.05) is 24.7 Å². The molecule has 6 heteroatoms. The monoisotopic (exact) mass is 314 g/mol. The summed E-state index contributed by atoms with van der Waals surface area (Å²) >= 11 is 3.19. The van der Waals surface area contributed by atoms with E-state index in [1.165, 1.54) is 6.20 Å². The molecule has 0 spiro atoms. The quantitative estimate of drug-likeness (QED) is 0.788. The van der Waals surface area contributed by atoms with E-state index in [4.69, 9.17) is 5.11 Å². The number of carbonyl (C=O) groups is 2. The normalized spacial score (nSPS) is 11.9. The average molecular weight is 315 g/mol. The van der Waals surface area contributed by atoms with E-state index in [-0.39, 0.29) is 18.2 Å². The van der Waals surface area contributed by atoms with E-state index in [0.717, 1.165) is 0 Å². The van der Waals surface area contributed by atoms with Crippen LogP contribution in [0.3, 0.4) is 0 Å². The van der Waals surface area contributed by atoms with E-state index >= 15 is 0 Å². The fourth-order valence-corrected chi connectivity index (χ4v) is 1.86. The van der Waals surface area contributed by atoms with E-state index in [1.54, 1.807) is 12.1 Å². The van der Waals surface area contributed by atoms with Crippen molar-refractivity contribution < 1.29 is 14.7 Å². The van der Waals surface area contributed by atoms with Gasteiger partial charge in [0.1, 0.15) is 4.60 Å². The molecule has 1 amide bonds. The van der Waals surface area contributed by atoms with Crippen LogP contribution in [0.2, 0.25) is 0 Å². The maximum Gasteiger partial charge on any atom is 0.303 e. The van der Waals surface area contributed by atoms with Crippen LogP contribution in [0.25, 0.3) is 0 Å².